The Hall–Kier alpha value is -1.14. The molecule has 0 aromatic heterocycles. The molecule has 1 aliphatic heterocycles. The Morgan fingerprint density at radius 3 is 2.81 bits per heavy atom. The summed E-state index contributed by atoms with van der Waals surface area (Å²) in [7, 11) is 0. The van der Waals surface area contributed by atoms with E-state index in [1.54, 1.807) is 17.0 Å². The van der Waals surface area contributed by atoms with Crippen molar-refractivity contribution in [3.8, 4) is 0 Å². The molecule has 2 rings (SSSR count). The molecule has 0 saturated carbocycles. The second kappa shape index (κ2) is 6.32. The van der Waals surface area contributed by atoms with Gasteiger partial charge >= 0.3 is 6.09 Å². The summed E-state index contributed by atoms with van der Waals surface area (Å²) in [6, 6.07) is 4.73. The van der Waals surface area contributed by atoms with Gasteiger partial charge in [-0.3, -0.25) is 0 Å². The molecular weight excluding hydrogens is 341 g/mol. The molecule has 1 fully saturated rings. The summed E-state index contributed by atoms with van der Waals surface area (Å²) < 4.78 is 24.7. The number of morpholine rings is 1. The molecule has 116 valence electrons. The molecule has 1 aromatic rings. The van der Waals surface area contributed by atoms with Crippen molar-refractivity contribution < 1.29 is 18.7 Å². The largest absolute Gasteiger partial charge is 0.444 e. The fourth-order valence-corrected chi connectivity index (χ4v) is 2.45. The van der Waals surface area contributed by atoms with Crippen LogP contribution in [0.5, 0.6) is 0 Å². The van der Waals surface area contributed by atoms with Crippen LogP contribution in [0.4, 0.5) is 9.18 Å². The molecule has 0 N–H and O–H groups in total. The van der Waals surface area contributed by atoms with Gasteiger partial charge in [-0.2, -0.15) is 0 Å². The zero-order chi connectivity index (χ0) is 15.6. The lowest BCUT2D eigenvalue weighted by Crippen LogP contribution is -2.44. The van der Waals surface area contributed by atoms with Crippen molar-refractivity contribution in [3.63, 3.8) is 0 Å². The molecular formula is C15H19BrFNO3. The number of carbonyl (C=O) groups excluding carboxylic acids is 1. The van der Waals surface area contributed by atoms with Crippen molar-refractivity contribution >= 4 is 22.0 Å². The van der Waals surface area contributed by atoms with Gasteiger partial charge in [0.15, 0.2) is 0 Å². The Morgan fingerprint density at radius 2 is 2.19 bits per heavy atom. The minimum atomic E-state index is -0.524. The van der Waals surface area contributed by atoms with Gasteiger partial charge in [0.05, 0.1) is 17.6 Å². The highest BCUT2D eigenvalue weighted by atomic mass is 79.9. The molecule has 0 spiro atoms. The molecule has 0 aliphatic carbocycles. The second-order valence-electron chi connectivity index (χ2n) is 5.96. The van der Waals surface area contributed by atoms with Crippen LogP contribution in [0.3, 0.4) is 0 Å². The zero-order valence-electron chi connectivity index (χ0n) is 12.4. The Labute approximate surface area is 132 Å². The van der Waals surface area contributed by atoms with E-state index in [4.69, 9.17) is 9.47 Å². The van der Waals surface area contributed by atoms with E-state index in [0.717, 1.165) is 5.56 Å². The van der Waals surface area contributed by atoms with Gasteiger partial charge in [0.1, 0.15) is 17.5 Å². The normalized spacial score (nSPS) is 19.5. The third-order valence-corrected chi connectivity index (χ3v) is 3.64. The van der Waals surface area contributed by atoms with Crippen molar-refractivity contribution in [2.45, 2.75) is 32.5 Å². The average Bonchev–Trinajstić information content (AvgIpc) is 2.40. The summed E-state index contributed by atoms with van der Waals surface area (Å²) in [5.41, 5.74) is 0.306. The number of hydrogen-bond donors (Lipinski definition) is 0. The van der Waals surface area contributed by atoms with Gasteiger partial charge in [-0.15, -0.1) is 0 Å². The van der Waals surface area contributed by atoms with E-state index in [-0.39, 0.29) is 18.0 Å². The number of halogens is 2. The third-order valence-electron chi connectivity index (χ3n) is 3.03. The van der Waals surface area contributed by atoms with E-state index < -0.39 is 5.60 Å². The highest BCUT2D eigenvalue weighted by molar-refractivity contribution is 9.10. The van der Waals surface area contributed by atoms with Crippen molar-refractivity contribution in [3.05, 3.63) is 34.1 Å². The predicted molar refractivity (Wildman–Crippen MR) is 80.6 cm³/mol. The Kier molecular flexibility index (Phi) is 4.88. The van der Waals surface area contributed by atoms with Crippen LogP contribution in [0, 0.1) is 5.82 Å². The SMILES string of the molecule is CC(C)(C)OC(=O)N1CCOC(c2ccc(F)c(Br)c2)C1. The van der Waals surface area contributed by atoms with Gasteiger partial charge < -0.3 is 14.4 Å². The summed E-state index contributed by atoms with van der Waals surface area (Å²) in [5, 5.41) is 0. The van der Waals surface area contributed by atoms with Gasteiger partial charge in [0, 0.05) is 6.54 Å². The van der Waals surface area contributed by atoms with E-state index >= 15 is 0 Å². The minimum absolute atomic E-state index is 0.275. The standard InChI is InChI=1S/C15H19BrFNO3/c1-15(2,3)21-14(19)18-6-7-20-13(9-18)10-4-5-12(17)11(16)8-10/h4-5,8,13H,6-7,9H2,1-3H3. The lowest BCUT2D eigenvalue weighted by atomic mass is 10.1. The third kappa shape index (κ3) is 4.41. The molecule has 1 saturated heterocycles. The number of amides is 1. The molecule has 1 amide bonds. The van der Waals surface area contributed by atoms with Gasteiger partial charge in [-0.1, -0.05) is 6.07 Å². The summed E-state index contributed by atoms with van der Waals surface area (Å²) in [5.74, 6) is -0.321. The van der Waals surface area contributed by atoms with Crippen molar-refractivity contribution in [2.75, 3.05) is 19.7 Å². The molecule has 1 atom stereocenters. The van der Waals surface area contributed by atoms with E-state index in [1.807, 2.05) is 20.8 Å². The molecule has 21 heavy (non-hydrogen) atoms. The first kappa shape index (κ1) is 16.2. The topological polar surface area (TPSA) is 38.8 Å². The van der Waals surface area contributed by atoms with E-state index in [2.05, 4.69) is 15.9 Å². The van der Waals surface area contributed by atoms with Gasteiger partial charge in [-0.25, -0.2) is 9.18 Å². The Morgan fingerprint density at radius 1 is 1.48 bits per heavy atom. The number of rotatable bonds is 1. The van der Waals surface area contributed by atoms with Crippen LogP contribution in [0.25, 0.3) is 0 Å². The molecule has 6 heteroatoms. The summed E-state index contributed by atoms with van der Waals surface area (Å²) in [6.45, 7) is 6.82. The summed E-state index contributed by atoms with van der Waals surface area (Å²) in [6.07, 6.45) is -0.625. The van der Waals surface area contributed by atoms with Crippen molar-refractivity contribution in [1.29, 1.82) is 0 Å². The van der Waals surface area contributed by atoms with E-state index in [9.17, 15) is 9.18 Å². The Balaban J connectivity index is 2.06. The Bertz CT molecular complexity index is 530. The first-order chi connectivity index (χ1) is 9.76. The predicted octanol–water partition coefficient (Wildman–Crippen LogP) is 3.90. The fourth-order valence-electron chi connectivity index (χ4n) is 2.06. The van der Waals surface area contributed by atoms with E-state index in [0.29, 0.717) is 24.2 Å². The van der Waals surface area contributed by atoms with Gasteiger partial charge in [-0.05, 0) is 54.4 Å². The maximum atomic E-state index is 13.3. The maximum Gasteiger partial charge on any atom is 0.410 e. The highest BCUT2D eigenvalue weighted by Gasteiger charge is 2.29. The molecule has 4 nitrogen and oxygen atoms in total. The van der Waals surface area contributed by atoms with Crippen molar-refractivity contribution in [1.82, 2.24) is 4.90 Å². The fraction of sp³-hybridized carbons (Fsp3) is 0.533. The lowest BCUT2D eigenvalue weighted by Gasteiger charge is -2.34. The highest BCUT2D eigenvalue weighted by Crippen LogP contribution is 2.27. The number of nitrogens with zero attached hydrogens (tertiary/aromatic N) is 1. The quantitative estimate of drug-likeness (QED) is 0.763. The van der Waals surface area contributed by atoms with Crippen LogP contribution in [0.1, 0.15) is 32.4 Å². The molecule has 1 unspecified atom stereocenters. The number of benzene rings is 1. The number of ether oxygens (including phenoxy) is 2. The van der Waals surface area contributed by atoms with Crippen LogP contribution >= 0.6 is 15.9 Å². The monoisotopic (exact) mass is 359 g/mol. The zero-order valence-corrected chi connectivity index (χ0v) is 13.9. The molecule has 1 aliphatic rings. The summed E-state index contributed by atoms with van der Waals surface area (Å²) >= 11 is 3.16. The summed E-state index contributed by atoms with van der Waals surface area (Å²) in [4.78, 5) is 13.7. The number of hydrogen-bond acceptors (Lipinski definition) is 3. The van der Waals surface area contributed by atoms with Crippen LogP contribution in [0.15, 0.2) is 22.7 Å². The minimum Gasteiger partial charge on any atom is -0.444 e. The first-order valence-corrected chi connectivity index (χ1v) is 7.60. The average molecular weight is 360 g/mol. The van der Waals surface area contributed by atoms with Crippen LogP contribution in [0.2, 0.25) is 0 Å². The van der Waals surface area contributed by atoms with Gasteiger partial charge in [0.25, 0.3) is 0 Å². The second-order valence-corrected chi connectivity index (χ2v) is 6.81. The lowest BCUT2D eigenvalue weighted by molar-refractivity contribution is -0.0433. The van der Waals surface area contributed by atoms with Crippen LogP contribution < -0.4 is 0 Å². The van der Waals surface area contributed by atoms with Crippen LogP contribution in [-0.2, 0) is 9.47 Å². The van der Waals surface area contributed by atoms with Crippen molar-refractivity contribution in [2.24, 2.45) is 0 Å². The van der Waals surface area contributed by atoms with E-state index in [1.165, 1.54) is 6.07 Å². The molecule has 1 aromatic carbocycles. The van der Waals surface area contributed by atoms with Crippen LogP contribution in [-0.4, -0.2) is 36.3 Å². The van der Waals surface area contributed by atoms with Gasteiger partial charge in [0.2, 0.25) is 0 Å². The number of carbonyl (C=O) groups is 1. The maximum absolute atomic E-state index is 13.3. The molecule has 0 bridgehead atoms. The smallest absolute Gasteiger partial charge is 0.410 e. The molecule has 1 heterocycles. The molecule has 0 radical (unpaired) electrons. The first-order valence-electron chi connectivity index (χ1n) is 6.81.